The molecular weight excluding hydrogens is 325 g/mol. The predicted octanol–water partition coefficient (Wildman–Crippen LogP) is 3.61. The molecule has 0 spiro atoms. The molecule has 22 heavy (non-hydrogen) atoms. The van der Waals surface area contributed by atoms with Crippen LogP contribution in [0.1, 0.15) is 30.6 Å². The molecule has 1 aromatic carbocycles. The summed E-state index contributed by atoms with van der Waals surface area (Å²) < 4.78 is 12.6. The van der Waals surface area contributed by atoms with Gasteiger partial charge in [-0.25, -0.2) is 9.67 Å². The molecule has 2 aromatic rings. The summed E-state index contributed by atoms with van der Waals surface area (Å²) >= 11 is 12.3. The molecule has 5 nitrogen and oxygen atoms in total. The van der Waals surface area contributed by atoms with Crippen molar-refractivity contribution in [2.24, 2.45) is 0 Å². The van der Waals surface area contributed by atoms with Crippen molar-refractivity contribution in [3.8, 4) is 5.69 Å². The molecule has 2 heterocycles. The molecule has 1 atom stereocenters. The van der Waals surface area contributed by atoms with Crippen LogP contribution in [-0.4, -0.2) is 35.1 Å². The minimum Gasteiger partial charge on any atom is -0.384 e. The second-order valence-electron chi connectivity index (χ2n) is 5.14. The van der Waals surface area contributed by atoms with E-state index in [1.54, 1.807) is 23.9 Å². The lowest BCUT2D eigenvalue weighted by molar-refractivity contribution is 0.103. The second-order valence-corrected chi connectivity index (χ2v) is 5.98. The zero-order valence-corrected chi connectivity index (χ0v) is 13.8. The van der Waals surface area contributed by atoms with Gasteiger partial charge in [-0.15, -0.1) is 0 Å². The first-order valence-corrected chi connectivity index (χ1v) is 7.96. The van der Waals surface area contributed by atoms with Gasteiger partial charge in [0.15, 0.2) is 11.6 Å². The van der Waals surface area contributed by atoms with E-state index in [9.17, 15) is 0 Å². The van der Waals surface area contributed by atoms with E-state index >= 15 is 0 Å². The van der Waals surface area contributed by atoms with E-state index < -0.39 is 0 Å². The molecule has 1 unspecified atom stereocenters. The van der Waals surface area contributed by atoms with E-state index in [0.717, 1.165) is 36.8 Å². The molecule has 0 N–H and O–H groups in total. The molecule has 0 amide bonds. The van der Waals surface area contributed by atoms with Gasteiger partial charge in [-0.3, -0.25) is 0 Å². The van der Waals surface area contributed by atoms with Crippen LogP contribution >= 0.6 is 23.2 Å². The number of halogens is 2. The number of rotatable bonds is 5. The average Bonchev–Trinajstić information content (AvgIpc) is 3.14. The van der Waals surface area contributed by atoms with Crippen LogP contribution in [0.3, 0.4) is 0 Å². The predicted molar refractivity (Wildman–Crippen MR) is 84.9 cm³/mol. The van der Waals surface area contributed by atoms with Gasteiger partial charge in [-0.1, -0.05) is 23.2 Å². The van der Waals surface area contributed by atoms with Crippen molar-refractivity contribution in [1.29, 1.82) is 0 Å². The SMILES string of the molecule is COCCc1nc(C2CCCO2)n(-c2ccc(Cl)cc2Cl)n1. The minimum absolute atomic E-state index is 0.0458. The van der Waals surface area contributed by atoms with Gasteiger partial charge < -0.3 is 9.47 Å². The topological polar surface area (TPSA) is 49.2 Å². The Balaban J connectivity index is 2.01. The van der Waals surface area contributed by atoms with E-state index in [-0.39, 0.29) is 6.10 Å². The quantitative estimate of drug-likeness (QED) is 0.833. The lowest BCUT2D eigenvalue weighted by Gasteiger charge is -2.12. The lowest BCUT2D eigenvalue weighted by atomic mass is 10.2. The third kappa shape index (κ3) is 3.27. The Labute approximate surface area is 139 Å². The first kappa shape index (κ1) is 15.7. The molecule has 7 heteroatoms. The maximum Gasteiger partial charge on any atom is 0.161 e. The molecule has 118 valence electrons. The normalized spacial score (nSPS) is 18.0. The molecule has 3 rings (SSSR count). The molecule has 1 aliphatic heterocycles. The maximum absolute atomic E-state index is 6.32. The van der Waals surface area contributed by atoms with E-state index in [2.05, 4.69) is 10.1 Å². The first-order valence-electron chi connectivity index (χ1n) is 7.21. The molecule has 0 radical (unpaired) electrons. The highest BCUT2D eigenvalue weighted by atomic mass is 35.5. The van der Waals surface area contributed by atoms with Crippen LogP contribution in [0.4, 0.5) is 0 Å². The number of aromatic nitrogens is 3. The van der Waals surface area contributed by atoms with Crippen molar-refractivity contribution in [2.45, 2.75) is 25.4 Å². The van der Waals surface area contributed by atoms with Gasteiger partial charge in [0.05, 0.1) is 17.3 Å². The fraction of sp³-hybridized carbons (Fsp3) is 0.467. The van der Waals surface area contributed by atoms with Gasteiger partial charge in [0.2, 0.25) is 0 Å². The molecule has 1 aliphatic rings. The third-order valence-electron chi connectivity index (χ3n) is 3.56. The molecule has 1 fully saturated rings. The first-order chi connectivity index (χ1) is 10.7. The van der Waals surface area contributed by atoms with Crippen molar-refractivity contribution >= 4 is 23.2 Å². The monoisotopic (exact) mass is 341 g/mol. The molecule has 0 saturated carbocycles. The summed E-state index contributed by atoms with van der Waals surface area (Å²) in [6.07, 6.45) is 2.57. The highest BCUT2D eigenvalue weighted by molar-refractivity contribution is 6.35. The summed E-state index contributed by atoms with van der Waals surface area (Å²) in [5, 5.41) is 5.70. The average molecular weight is 342 g/mol. The highest BCUT2D eigenvalue weighted by Gasteiger charge is 2.26. The number of benzene rings is 1. The molecule has 0 bridgehead atoms. The molecular formula is C15H17Cl2N3O2. The Morgan fingerprint density at radius 2 is 2.27 bits per heavy atom. The largest absolute Gasteiger partial charge is 0.384 e. The Morgan fingerprint density at radius 3 is 2.95 bits per heavy atom. The van der Waals surface area contributed by atoms with Gasteiger partial charge in [-0.2, -0.15) is 5.10 Å². The van der Waals surface area contributed by atoms with Gasteiger partial charge in [0.1, 0.15) is 6.10 Å². The fourth-order valence-corrected chi connectivity index (χ4v) is 2.98. The third-order valence-corrected chi connectivity index (χ3v) is 4.10. The van der Waals surface area contributed by atoms with Crippen molar-refractivity contribution in [2.75, 3.05) is 20.3 Å². The van der Waals surface area contributed by atoms with Crippen LogP contribution in [0.15, 0.2) is 18.2 Å². The number of hydrogen-bond donors (Lipinski definition) is 0. The molecule has 1 aromatic heterocycles. The molecule has 0 aliphatic carbocycles. The Hall–Kier alpha value is -1.14. The Morgan fingerprint density at radius 1 is 1.41 bits per heavy atom. The summed E-state index contributed by atoms with van der Waals surface area (Å²) in [6.45, 7) is 1.32. The van der Waals surface area contributed by atoms with Crippen LogP contribution in [0.5, 0.6) is 0 Å². The van der Waals surface area contributed by atoms with E-state index in [4.69, 9.17) is 32.7 Å². The van der Waals surface area contributed by atoms with E-state index in [1.807, 2.05) is 6.07 Å². The van der Waals surface area contributed by atoms with Crippen molar-refractivity contribution < 1.29 is 9.47 Å². The maximum atomic E-state index is 6.32. The van der Waals surface area contributed by atoms with Crippen molar-refractivity contribution in [1.82, 2.24) is 14.8 Å². The van der Waals surface area contributed by atoms with E-state index in [1.165, 1.54) is 0 Å². The van der Waals surface area contributed by atoms with Crippen molar-refractivity contribution in [3.05, 3.63) is 39.9 Å². The smallest absolute Gasteiger partial charge is 0.161 e. The second kappa shape index (κ2) is 6.96. The summed E-state index contributed by atoms with van der Waals surface area (Å²) in [5.74, 6) is 1.51. The van der Waals surface area contributed by atoms with E-state index in [0.29, 0.717) is 23.1 Å². The van der Waals surface area contributed by atoms with Gasteiger partial charge in [-0.05, 0) is 31.0 Å². The highest BCUT2D eigenvalue weighted by Crippen LogP contribution is 2.31. The zero-order valence-electron chi connectivity index (χ0n) is 12.3. The van der Waals surface area contributed by atoms with Crippen LogP contribution in [0.25, 0.3) is 5.69 Å². The molecule has 1 saturated heterocycles. The summed E-state index contributed by atoms with van der Waals surface area (Å²) in [7, 11) is 1.66. The van der Waals surface area contributed by atoms with Crippen LogP contribution < -0.4 is 0 Å². The van der Waals surface area contributed by atoms with Gasteiger partial charge >= 0.3 is 0 Å². The zero-order chi connectivity index (χ0) is 15.5. The number of ether oxygens (including phenoxy) is 2. The Kier molecular flexibility index (Phi) is 4.98. The van der Waals surface area contributed by atoms with Gasteiger partial charge in [0, 0.05) is 25.2 Å². The standard InChI is InChI=1S/C15H17Cl2N3O2/c1-21-8-6-14-18-15(13-3-2-7-22-13)20(19-14)12-5-4-10(16)9-11(12)17/h4-5,9,13H,2-3,6-8H2,1H3. The van der Waals surface area contributed by atoms with Gasteiger partial charge in [0.25, 0.3) is 0 Å². The van der Waals surface area contributed by atoms with Crippen LogP contribution in [0, 0.1) is 0 Å². The minimum atomic E-state index is -0.0458. The van der Waals surface area contributed by atoms with Crippen LogP contribution in [0.2, 0.25) is 10.0 Å². The number of hydrogen-bond acceptors (Lipinski definition) is 4. The number of methoxy groups -OCH3 is 1. The van der Waals surface area contributed by atoms with Crippen molar-refractivity contribution in [3.63, 3.8) is 0 Å². The Bertz CT molecular complexity index is 654. The summed E-state index contributed by atoms with van der Waals surface area (Å²) in [5.41, 5.74) is 0.757. The fourth-order valence-electron chi connectivity index (χ4n) is 2.49. The lowest BCUT2D eigenvalue weighted by Crippen LogP contribution is -2.08. The van der Waals surface area contributed by atoms with Crippen LogP contribution in [-0.2, 0) is 15.9 Å². The summed E-state index contributed by atoms with van der Waals surface area (Å²) in [6, 6.07) is 5.34. The summed E-state index contributed by atoms with van der Waals surface area (Å²) in [4.78, 5) is 4.62. The number of nitrogens with zero attached hydrogens (tertiary/aromatic N) is 3.